The van der Waals surface area contributed by atoms with Gasteiger partial charge in [0, 0.05) is 24.7 Å². The highest BCUT2D eigenvalue weighted by molar-refractivity contribution is 7.99. The summed E-state index contributed by atoms with van der Waals surface area (Å²) in [5, 5.41) is 8.23. The van der Waals surface area contributed by atoms with Crippen molar-refractivity contribution in [2.24, 2.45) is 5.73 Å². The molecule has 1 aliphatic heterocycles. The number of nitrogens with two attached hydrogens (primary N) is 1. The predicted molar refractivity (Wildman–Crippen MR) is 139 cm³/mol. The number of amides is 5. The highest BCUT2D eigenvalue weighted by Gasteiger charge is 2.43. The Kier molecular flexibility index (Phi) is 9.57. The van der Waals surface area contributed by atoms with Crippen molar-refractivity contribution in [2.45, 2.75) is 31.0 Å². The van der Waals surface area contributed by atoms with Gasteiger partial charge in [0.15, 0.2) is 0 Å². The quantitative estimate of drug-likeness (QED) is 0.378. The second-order valence-corrected chi connectivity index (χ2v) is 9.21. The van der Waals surface area contributed by atoms with Crippen LogP contribution in [0.5, 0.6) is 5.75 Å². The molecule has 2 aromatic rings. The third kappa shape index (κ3) is 7.14. The van der Waals surface area contributed by atoms with Gasteiger partial charge in [0.05, 0.1) is 18.9 Å². The Morgan fingerprint density at radius 3 is 2.56 bits per heavy atom. The van der Waals surface area contributed by atoms with E-state index < -0.39 is 36.0 Å². The Hall–Kier alpha value is -3.73. The van der Waals surface area contributed by atoms with Crippen molar-refractivity contribution in [3.63, 3.8) is 0 Å². The van der Waals surface area contributed by atoms with Crippen molar-refractivity contribution < 1.29 is 23.9 Å². The van der Waals surface area contributed by atoms with Gasteiger partial charge >= 0.3 is 6.03 Å². The van der Waals surface area contributed by atoms with Crippen LogP contribution >= 0.6 is 11.8 Å². The minimum absolute atomic E-state index is 0.190. The average Bonchev–Trinajstić information content (AvgIpc) is 3.28. The molecule has 1 heterocycles. The predicted octanol–water partition coefficient (Wildman–Crippen LogP) is 1.36. The van der Waals surface area contributed by atoms with E-state index in [2.05, 4.69) is 16.0 Å². The summed E-state index contributed by atoms with van der Waals surface area (Å²) in [7, 11) is 1.53. The number of carbonyl (C=O) groups is 4. The van der Waals surface area contributed by atoms with Crippen LogP contribution in [0, 0.1) is 0 Å². The first-order chi connectivity index (χ1) is 17.3. The van der Waals surface area contributed by atoms with Gasteiger partial charge in [0.25, 0.3) is 0 Å². The number of anilines is 1. The number of methoxy groups -OCH3 is 1. The van der Waals surface area contributed by atoms with Gasteiger partial charge in [0.2, 0.25) is 17.7 Å². The van der Waals surface area contributed by atoms with Crippen LogP contribution in [0.3, 0.4) is 0 Å². The number of nitrogens with zero attached hydrogens (tertiary/aromatic N) is 1. The Balaban J connectivity index is 1.75. The maximum atomic E-state index is 13.4. The number of nitrogens with one attached hydrogen (secondary N) is 3. The maximum absolute atomic E-state index is 13.4. The molecule has 0 bridgehead atoms. The largest absolute Gasteiger partial charge is 0.497 e. The minimum atomic E-state index is -0.988. The summed E-state index contributed by atoms with van der Waals surface area (Å²) >= 11 is 1.34. The molecule has 1 saturated heterocycles. The zero-order valence-electron chi connectivity index (χ0n) is 20.2. The van der Waals surface area contributed by atoms with Crippen molar-refractivity contribution >= 4 is 41.2 Å². The average molecular weight is 514 g/mol. The van der Waals surface area contributed by atoms with Gasteiger partial charge < -0.3 is 31.3 Å². The molecule has 3 unspecified atom stereocenters. The Morgan fingerprint density at radius 2 is 1.89 bits per heavy atom. The molecule has 3 atom stereocenters. The topological polar surface area (TPSA) is 143 Å². The fraction of sp³-hybridized carbons (Fsp3) is 0.360. The number of hydrogen-bond acceptors (Lipinski definition) is 6. The van der Waals surface area contributed by atoms with Gasteiger partial charge in [-0.3, -0.25) is 14.4 Å². The van der Waals surface area contributed by atoms with E-state index in [1.54, 1.807) is 30.5 Å². The van der Waals surface area contributed by atoms with E-state index in [4.69, 9.17) is 10.5 Å². The highest BCUT2D eigenvalue weighted by atomic mass is 32.2. The molecule has 2 aromatic carbocycles. The van der Waals surface area contributed by atoms with E-state index >= 15 is 0 Å². The number of thioether (sulfide) groups is 1. The number of benzene rings is 2. The first kappa shape index (κ1) is 26.9. The van der Waals surface area contributed by atoms with E-state index in [1.165, 1.54) is 23.8 Å². The monoisotopic (exact) mass is 513 g/mol. The van der Waals surface area contributed by atoms with E-state index in [-0.39, 0.29) is 18.1 Å². The SMILES string of the molecule is COc1cccc(NC(=O)NC2CCN(C(=O)CSC)C2C(=O)NC(Cc2ccccc2)C(N)=O)c1. The van der Waals surface area contributed by atoms with Crippen LogP contribution in [0.2, 0.25) is 0 Å². The van der Waals surface area contributed by atoms with Crippen LogP contribution in [0.1, 0.15) is 12.0 Å². The third-order valence-electron chi connectivity index (χ3n) is 5.84. The van der Waals surface area contributed by atoms with Crippen LogP contribution in [0.25, 0.3) is 0 Å². The lowest BCUT2D eigenvalue weighted by Crippen LogP contribution is -2.58. The molecular formula is C25H31N5O5S. The summed E-state index contributed by atoms with van der Waals surface area (Å²) < 4.78 is 5.17. The number of hydrogen-bond donors (Lipinski definition) is 4. The Morgan fingerprint density at radius 1 is 1.14 bits per heavy atom. The summed E-state index contributed by atoms with van der Waals surface area (Å²) in [5.41, 5.74) is 6.91. The molecular weight excluding hydrogens is 482 g/mol. The van der Waals surface area contributed by atoms with Gasteiger partial charge in [-0.1, -0.05) is 36.4 Å². The number of likely N-dealkylation sites (tertiary alicyclic amines) is 1. The van der Waals surface area contributed by atoms with Gasteiger partial charge in [0.1, 0.15) is 17.8 Å². The number of primary amides is 1. The number of carbonyl (C=O) groups excluding carboxylic acids is 4. The zero-order chi connectivity index (χ0) is 26.1. The molecule has 10 nitrogen and oxygen atoms in total. The van der Waals surface area contributed by atoms with Crippen molar-refractivity contribution in [3.8, 4) is 5.75 Å². The van der Waals surface area contributed by atoms with Crippen LogP contribution in [-0.2, 0) is 20.8 Å². The van der Waals surface area contributed by atoms with Gasteiger partial charge in [-0.25, -0.2) is 4.79 Å². The molecule has 5 amide bonds. The minimum Gasteiger partial charge on any atom is -0.497 e. The molecule has 1 fully saturated rings. The van der Waals surface area contributed by atoms with E-state index in [0.717, 1.165) is 5.56 Å². The van der Waals surface area contributed by atoms with Gasteiger partial charge in [-0.15, -0.1) is 0 Å². The van der Waals surface area contributed by atoms with Crippen LogP contribution in [-0.4, -0.2) is 72.4 Å². The number of rotatable bonds is 10. The molecule has 0 aromatic heterocycles. The number of urea groups is 1. The molecule has 0 aliphatic carbocycles. The molecule has 5 N–H and O–H groups in total. The molecule has 0 spiro atoms. The molecule has 3 rings (SSSR count). The van der Waals surface area contributed by atoms with Crippen LogP contribution in [0.15, 0.2) is 54.6 Å². The summed E-state index contributed by atoms with van der Waals surface area (Å²) in [6, 6.07) is 12.9. The maximum Gasteiger partial charge on any atom is 0.319 e. The van der Waals surface area contributed by atoms with E-state index in [0.29, 0.717) is 24.4 Å². The Bertz CT molecular complexity index is 1080. The third-order valence-corrected chi connectivity index (χ3v) is 6.38. The molecule has 0 radical (unpaired) electrons. The highest BCUT2D eigenvalue weighted by Crippen LogP contribution is 2.21. The fourth-order valence-corrected chi connectivity index (χ4v) is 4.53. The van der Waals surface area contributed by atoms with Crippen molar-refractivity contribution in [2.75, 3.05) is 31.0 Å². The zero-order valence-corrected chi connectivity index (χ0v) is 21.0. The summed E-state index contributed by atoms with van der Waals surface area (Å²) in [4.78, 5) is 52.5. The molecule has 192 valence electrons. The molecule has 0 saturated carbocycles. The molecule has 36 heavy (non-hydrogen) atoms. The normalized spacial score (nSPS) is 17.7. The Labute approximate surface area is 214 Å². The van der Waals surface area contributed by atoms with Gasteiger partial charge in [-0.05, 0) is 30.4 Å². The first-order valence-corrected chi connectivity index (χ1v) is 12.9. The lowest BCUT2D eigenvalue weighted by Gasteiger charge is -2.29. The standard InChI is InChI=1S/C25H31N5O5S/c1-35-18-10-6-9-17(14-18)27-25(34)29-19-11-12-30(21(31)15-36-2)22(19)24(33)28-20(23(26)32)13-16-7-4-3-5-8-16/h3-10,14,19-20,22H,11-13,15H2,1-2H3,(H2,26,32)(H,28,33)(H2,27,29,34). The first-order valence-electron chi connectivity index (χ1n) is 11.5. The van der Waals surface area contributed by atoms with E-state index in [1.807, 2.05) is 30.3 Å². The molecule has 1 aliphatic rings. The molecule has 11 heteroatoms. The second kappa shape index (κ2) is 12.8. The van der Waals surface area contributed by atoms with Crippen LogP contribution in [0.4, 0.5) is 10.5 Å². The smallest absolute Gasteiger partial charge is 0.319 e. The van der Waals surface area contributed by atoms with Crippen molar-refractivity contribution in [1.82, 2.24) is 15.5 Å². The lowest BCUT2D eigenvalue weighted by atomic mass is 10.0. The van der Waals surface area contributed by atoms with Crippen molar-refractivity contribution in [1.29, 1.82) is 0 Å². The number of ether oxygens (including phenoxy) is 1. The second-order valence-electron chi connectivity index (χ2n) is 8.34. The fourth-order valence-electron chi connectivity index (χ4n) is 4.12. The summed E-state index contributed by atoms with van der Waals surface area (Å²) in [6.07, 6.45) is 2.38. The summed E-state index contributed by atoms with van der Waals surface area (Å²) in [5.74, 6) is -0.689. The van der Waals surface area contributed by atoms with E-state index in [9.17, 15) is 19.2 Å². The van der Waals surface area contributed by atoms with Gasteiger partial charge in [-0.2, -0.15) is 11.8 Å². The lowest BCUT2D eigenvalue weighted by molar-refractivity contribution is -0.138. The van der Waals surface area contributed by atoms with Crippen molar-refractivity contribution in [3.05, 3.63) is 60.2 Å². The summed E-state index contributed by atoms with van der Waals surface area (Å²) in [6.45, 7) is 0.293. The van der Waals surface area contributed by atoms with Crippen LogP contribution < -0.4 is 26.4 Å².